The van der Waals surface area contributed by atoms with Crippen molar-refractivity contribution < 1.29 is 9.13 Å². The number of nitrogens with zero attached hydrogens (tertiary/aromatic N) is 1. The maximum Gasteiger partial charge on any atom is 0.167 e. The number of anilines is 1. The topological polar surface area (TPSA) is 24.5 Å². The summed E-state index contributed by atoms with van der Waals surface area (Å²) in [7, 11) is 1.49. The lowest BCUT2D eigenvalue weighted by atomic mass is 10.1. The molecule has 0 amide bonds. The first-order chi connectivity index (χ1) is 9.10. The highest BCUT2D eigenvalue weighted by Gasteiger charge is 2.17. The van der Waals surface area contributed by atoms with Gasteiger partial charge >= 0.3 is 0 Å². The maximum absolute atomic E-state index is 13.8. The zero-order chi connectivity index (χ0) is 13.8. The molecule has 1 aliphatic rings. The summed E-state index contributed by atoms with van der Waals surface area (Å²) in [6.07, 6.45) is 1.07. The van der Waals surface area contributed by atoms with E-state index >= 15 is 0 Å². The molecule has 3 nitrogen and oxygen atoms in total. The molecule has 2 rings (SSSR count). The van der Waals surface area contributed by atoms with Crippen molar-refractivity contribution in [2.24, 2.45) is 5.92 Å². The Morgan fingerprint density at radius 3 is 2.84 bits per heavy atom. The van der Waals surface area contributed by atoms with Crippen LogP contribution in [0.1, 0.15) is 20.3 Å². The average Bonchev–Trinajstić information content (AvgIpc) is 2.39. The first kappa shape index (κ1) is 14.1. The van der Waals surface area contributed by atoms with E-state index < -0.39 is 0 Å². The van der Waals surface area contributed by atoms with Crippen LogP contribution in [-0.2, 0) is 0 Å². The minimum Gasteiger partial charge on any atom is -0.494 e. The third-order valence-corrected chi connectivity index (χ3v) is 3.68. The van der Waals surface area contributed by atoms with Crippen molar-refractivity contribution in [3.63, 3.8) is 0 Å². The standard InChI is InChI=1S/C15H23FN2O/c1-11-9-17-12(2)6-7-18(10-11)13-4-5-15(19-3)14(16)8-13/h4-5,8,11-12,17H,6-7,9-10H2,1-3H3. The number of halogens is 1. The van der Waals surface area contributed by atoms with Crippen LogP contribution in [-0.4, -0.2) is 32.8 Å². The third kappa shape index (κ3) is 3.60. The van der Waals surface area contributed by atoms with Crippen molar-refractivity contribution in [3.8, 4) is 5.75 Å². The maximum atomic E-state index is 13.8. The van der Waals surface area contributed by atoms with E-state index in [4.69, 9.17) is 4.74 Å². The molecule has 1 saturated heterocycles. The summed E-state index contributed by atoms with van der Waals surface area (Å²) in [5, 5.41) is 3.52. The van der Waals surface area contributed by atoms with Gasteiger partial charge in [-0.15, -0.1) is 0 Å². The molecule has 1 heterocycles. The van der Waals surface area contributed by atoms with Crippen LogP contribution in [0.3, 0.4) is 0 Å². The highest BCUT2D eigenvalue weighted by atomic mass is 19.1. The highest BCUT2D eigenvalue weighted by molar-refractivity contribution is 5.50. The Bertz CT molecular complexity index is 425. The van der Waals surface area contributed by atoms with Crippen molar-refractivity contribution in [3.05, 3.63) is 24.0 Å². The molecule has 2 atom stereocenters. The second kappa shape index (κ2) is 6.24. The van der Waals surface area contributed by atoms with Crippen LogP contribution in [0.25, 0.3) is 0 Å². The van der Waals surface area contributed by atoms with Crippen LogP contribution in [0.15, 0.2) is 18.2 Å². The molecule has 0 radical (unpaired) electrons. The summed E-state index contributed by atoms with van der Waals surface area (Å²) in [6.45, 7) is 7.33. The lowest BCUT2D eigenvalue weighted by molar-refractivity contribution is 0.385. The third-order valence-electron chi connectivity index (χ3n) is 3.68. The average molecular weight is 266 g/mol. The second-order valence-corrected chi connectivity index (χ2v) is 5.47. The zero-order valence-corrected chi connectivity index (χ0v) is 11.9. The first-order valence-electron chi connectivity index (χ1n) is 6.92. The molecule has 1 fully saturated rings. The fraction of sp³-hybridized carbons (Fsp3) is 0.600. The minimum absolute atomic E-state index is 0.291. The smallest absolute Gasteiger partial charge is 0.167 e. The van der Waals surface area contributed by atoms with Gasteiger partial charge in [-0.25, -0.2) is 4.39 Å². The van der Waals surface area contributed by atoms with Crippen LogP contribution >= 0.6 is 0 Å². The van der Waals surface area contributed by atoms with Crippen LogP contribution in [0.2, 0.25) is 0 Å². The van der Waals surface area contributed by atoms with Crippen molar-refractivity contribution in [2.45, 2.75) is 26.3 Å². The number of benzene rings is 1. The van der Waals surface area contributed by atoms with E-state index in [0.717, 1.165) is 31.7 Å². The van der Waals surface area contributed by atoms with Crippen molar-refractivity contribution in [1.82, 2.24) is 5.32 Å². The summed E-state index contributed by atoms with van der Waals surface area (Å²) >= 11 is 0. The quantitative estimate of drug-likeness (QED) is 0.890. The van der Waals surface area contributed by atoms with Crippen molar-refractivity contribution in [1.29, 1.82) is 0 Å². The zero-order valence-electron chi connectivity index (χ0n) is 11.9. The van der Waals surface area contributed by atoms with E-state index in [9.17, 15) is 4.39 Å². The Labute approximate surface area is 114 Å². The number of rotatable bonds is 2. The number of ether oxygens (including phenoxy) is 1. The predicted octanol–water partition coefficient (Wildman–Crippen LogP) is 2.66. The molecule has 19 heavy (non-hydrogen) atoms. The fourth-order valence-electron chi connectivity index (χ4n) is 2.47. The number of hydrogen-bond acceptors (Lipinski definition) is 3. The lowest BCUT2D eigenvalue weighted by Gasteiger charge is -2.33. The molecule has 2 unspecified atom stereocenters. The highest BCUT2D eigenvalue weighted by Crippen LogP contribution is 2.25. The van der Waals surface area contributed by atoms with Gasteiger partial charge in [0.25, 0.3) is 0 Å². The Hall–Kier alpha value is -1.29. The molecule has 0 aromatic heterocycles. The van der Waals surface area contributed by atoms with Gasteiger partial charge in [-0.1, -0.05) is 6.92 Å². The Balaban J connectivity index is 2.16. The van der Waals surface area contributed by atoms with Gasteiger partial charge in [0.15, 0.2) is 11.6 Å². The van der Waals surface area contributed by atoms with Crippen LogP contribution in [0.5, 0.6) is 5.75 Å². The molecule has 0 bridgehead atoms. The molecule has 1 N–H and O–H groups in total. The van der Waals surface area contributed by atoms with Gasteiger partial charge in [0.05, 0.1) is 7.11 Å². The Morgan fingerprint density at radius 2 is 2.16 bits per heavy atom. The van der Waals surface area contributed by atoms with E-state index in [1.807, 2.05) is 6.07 Å². The van der Waals surface area contributed by atoms with E-state index in [0.29, 0.717) is 17.7 Å². The normalized spacial score (nSPS) is 24.7. The molecule has 106 valence electrons. The van der Waals surface area contributed by atoms with Crippen LogP contribution in [0.4, 0.5) is 10.1 Å². The van der Waals surface area contributed by atoms with E-state index in [1.54, 1.807) is 12.1 Å². The molecule has 0 aliphatic carbocycles. The molecule has 0 saturated carbocycles. The van der Waals surface area contributed by atoms with Crippen molar-refractivity contribution in [2.75, 3.05) is 31.6 Å². The van der Waals surface area contributed by atoms with Gasteiger partial charge in [0.1, 0.15) is 0 Å². The SMILES string of the molecule is COc1ccc(N2CCC(C)NCC(C)C2)cc1F. The van der Waals surface area contributed by atoms with Crippen LogP contribution in [0, 0.1) is 11.7 Å². The molecular formula is C15H23FN2O. The Morgan fingerprint density at radius 1 is 1.37 bits per heavy atom. The molecule has 0 spiro atoms. The number of hydrogen-bond donors (Lipinski definition) is 1. The lowest BCUT2D eigenvalue weighted by Crippen LogP contribution is -2.42. The van der Waals surface area contributed by atoms with Gasteiger partial charge in [0.2, 0.25) is 0 Å². The summed E-state index contributed by atoms with van der Waals surface area (Å²) in [5.41, 5.74) is 0.944. The minimum atomic E-state index is -0.291. The molecule has 1 aromatic carbocycles. The Kier molecular flexibility index (Phi) is 4.64. The predicted molar refractivity (Wildman–Crippen MR) is 76.4 cm³/mol. The van der Waals surface area contributed by atoms with Gasteiger partial charge < -0.3 is 15.0 Å². The van der Waals surface area contributed by atoms with E-state index in [1.165, 1.54) is 7.11 Å². The molecule has 1 aliphatic heterocycles. The van der Waals surface area contributed by atoms with E-state index in [-0.39, 0.29) is 5.82 Å². The van der Waals surface area contributed by atoms with Crippen molar-refractivity contribution >= 4 is 5.69 Å². The second-order valence-electron chi connectivity index (χ2n) is 5.47. The summed E-state index contributed by atoms with van der Waals surface area (Å²) < 4.78 is 18.8. The van der Waals surface area contributed by atoms with Gasteiger partial charge in [-0.05, 0) is 37.9 Å². The molecule has 4 heteroatoms. The summed E-state index contributed by atoms with van der Waals surface area (Å²) in [4.78, 5) is 2.27. The van der Waals surface area contributed by atoms with E-state index in [2.05, 4.69) is 24.1 Å². The monoisotopic (exact) mass is 266 g/mol. The largest absolute Gasteiger partial charge is 0.494 e. The fourth-order valence-corrected chi connectivity index (χ4v) is 2.47. The molecular weight excluding hydrogens is 243 g/mol. The summed E-state index contributed by atoms with van der Waals surface area (Å²) in [5.74, 6) is 0.563. The first-order valence-corrected chi connectivity index (χ1v) is 6.92. The number of methoxy groups -OCH3 is 1. The summed E-state index contributed by atoms with van der Waals surface area (Å²) in [6, 6.07) is 5.73. The van der Waals surface area contributed by atoms with Crippen LogP contribution < -0.4 is 15.0 Å². The van der Waals surface area contributed by atoms with Gasteiger partial charge in [-0.3, -0.25) is 0 Å². The molecule has 1 aromatic rings. The van der Waals surface area contributed by atoms with Gasteiger partial charge in [-0.2, -0.15) is 0 Å². The number of nitrogens with one attached hydrogen (secondary N) is 1. The van der Waals surface area contributed by atoms with Gasteiger partial charge in [0, 0.05) is 30.9 Å².